The molecule has 0 aromatic heterocycles. The summed E-state index contributed by atoms with van der Waals surface area (Å²) in [7, 11) is 1.30. The monoisotopic (exact) mass is 176 g/mol. The molecule has 0 heterocycles. The number of esters is 1. The Morgan fingerprint density at radius 1 is 1.55 bits per heavy atom. The zero-order valence-corrected chi connectivity index (χ0v) is 7.56. The van der Waals surface area contributed by atoms with E-state index < -0.39 is 0 Å². The van der Waals surface area contributed by atoms with Crippen molar-refractivity contribution in [1.29, 1.82) is 0 Å². The molecule has 0 bridgehead atoms. The number of thiol groups is 1. The molecule has 0 saturated carbocycles. The Morgan fingerprint density at radius 2 is 2.09 bits per heavy atom. The Labute approximate surface area is 71.5 Å². The van der Waals surface area contributed by atoms with Crippen LogP contribution in [0.5, 0.6) is 0 Å². The second-order valence-corrected chi connectivity index (χ2v) is 2.67. The normalized spacial score (nSPS) is 12.3. The van der Waals surface area contributed by atoms with Gasteiger partial charge in [0.2, 0.25) is 0 Å². The lowest BCUT2D eigenvalue weighted by Crippen LogP contribution is -2.20. The molecular formula is C7H12O3S. The maximum Gasteiger partial charge on any atom is 0.309 e. The maximum absolute atomic E-state index is 10.9. The highest BCUT2D eigenvalue weighted by molar-refractivity contribution is 7.80. The van der Waals surface area contributed by atoms with Gasteiger partial charge in [0.25, 0.3) is 0 Å². The number of ether oxygens (including phenoxy) is 1. The number of carbonyl (C=O) groups is 2. The molecule has 0 aliphatic heterocycles. The molecule has 3 nitrogen and oxygen atoms in total. The van der Waals surface area contributed by atoms with E-state index in [1.807, 2.05) is 0 Å². The van der Waals surface area contributed by atoms with E-state index in [0.717, 1.165) is 0 Å². The van der Waals surface area contributed by atoms with E-state index in [2.05, 4.69) is 17.4 Å². The maximum atomic E-state index is 10.9. The van der Waals surface area contributed by atoms with Crippen LogP contribution in [0.4, 0.5) is 0 Å². The molecule has 1 atom stereocenters. The third kappa shape index (κ3) is 4.03. The van der Waals surface area contributed by atoms with Gasteiger partial charge in [0.1, 0.15) is 5.78 Å². The van der Waals surface area contributed by atoms with Crippen LogP contribution in [-0.2, 0) is 14.3 Å². The third-order valence-electron chi connectivity index (χ3n) is 1.29. The van der Waals surface area contributed by atoms with Crippen molar-refractivity contribution in [3.05, 3.63) is 0 Å². The number of carbonyl (C=O) groups excluding carboxylic acids is 2. The van der Waals surface area contributed by atoms with Crippen LogP contribution >= 0.6 is 12.6 Å². The van der Waals surface area contributed by atoms with Crippen molar-refractivity contribution in [2.45, 2.75) is 13.3 Å². The molecule has 0 aromatic rings. The predicted molar refractivity (Wildman–Crippen MR) is 44.7 cm³/mol. The Kier molecular flexibility index (Phi) is 4.94. The lowest BCUT2D eigenvalue weighted by molar-refractivity contribution is -0.146. The van der Waals surface area contributed by atoms with Gasteiger partial charge in [-0.3, -0.25) is 4.79 Å². The highest BCUT2D eigenvalue weighted by Gasteiger charge is 2.18. The van der Waals surface area contributed by atoms with E-state index in [9.17, 15) is 9.59 Å². The summed E-state index contributed by atoms with van der Waals surface area (Å²) in [6.07, 6.45) is 0.218. The second kappa shape index (κ2) is 5.18. The number of Topliss-reactive ketones (excluding diaryl/α,β-unsaturated/α-hetero) is 1. The van der Waals surface area contributed by atoms with E-state index >= 15 is 0 Å². The summed E-state index contributed by atoms with van der Waals surface area (Å²) in [6.45, 7) is 1.44. The minimum atomic E-state index is -0.388. The van der Waals surface area contributed by atoms with Crippen molar-refractivity contribution >= 4 is 24.4 Å². The van der Waals surface area contributed by atoms with Crippen LogP contribution in [0.1, 0.15) is 13.3 Å². The van der Waals surface area contributed by atoms with Gasteiger partial charge in [0.05, 0.1) is 13.0 Å². The molecule has 11 heavy (non-hydrogen) atoms. The molecule has 0 N–H and O–H groups in total. The Bertz CT molecular complexity index is 156. The number of ketones is 1. The van der Waals surface area contributed by atoms with Gasteiger partial charge in [-0.1, -0.05) is 0 Å². The van der Waals surface area contributed by atoms with Crippen molar-refractivity contribution in [2.24, 2.45) is 5.92 Å². The van der Waals surface area contributed by atoms with Crippen molar-refractivity contribution < 1.29 is 14.3 Å². The molecule has 0 radical (unpaired) electrons. The Hall–Kier alpha value is -0.510. The summed E-state index contributed by atoms with van der Waals surface area (Å²) in [4.78, 5) is 21.4. The Balaban J connectivity index is 3.94. The molecule has 0 rings (SSSR count). The standard InChI is InChI=1S/C7H12O3S/c1-5(8)3-6(4-11)7(9)10-2/h6,11H,3-4H2,1-2H3. The second-order valence-electron chi connectivity index (χ2n) is 2.31. The van der Waals surface area contributed by atoms with Crippen LogP contribution in [0.3, 0.4) is 0 Å². The number of hydrogen-bond donors (Lipinski definition) is 1. The van der Waals surface area contributed by atoms with E-state index in [4.69, 9.17) is 0 Å². The molecule has 1 unspecified atom stereocenters. The molecule has 4 heteroatoms. The van der Waals surface area contributed by atoms with Gasteiger partial charge in [-0.15, -0.1) is 0 Å². The molecule has 0 aliphatic rings. The average Bonchev–Trinajstić information content (AvgIpc) is 1.98. The highest BCUT2D eigenvalue weighted by atomic mass is 32.1. The third-order valence-corrected chi connectivity index (χ3v) is 1.73. The van der Waals surface area contributed by atoms with Crippen molar-refractivity contribution in [3.8, 4) is 0 Å². The van der Waals surface area contributed by atoms with Gasteiger partial charge < -0.3 is 9.53 Å². The molecule has 0 aromatic carbocycles. The predicted octanol–water partition coefficient (Wildman–Crippen LogP) is 0.684. The first kappa shape index (κ1) is 10.5. The lowest BCUT2D eigenvalue weighted by Gasteiger charge is -2.08. The van der Waals surface area contributed by atoms with Crippen LogP contribution in [-0.4, -0.2) is 24.6 Å². The number of hydrogen-bond acceptors (Lipinski definition) is 4. The van der Waals surface area contributed by atoms with Gasteiger partial charge in [-0.25, -0.2) is 0 Å². The van der Waals surface area contributed by atoms with Gasteiger partial charge in [0.15, 0.2) is 0 Å². The average molecular weight is 176 g/mol. The number of rotatable bonds is 4. The summed E-state index contributed by atoms with van der Waals surface area (Å²) in [6, 6.07) is 0. The van der Waals surface area contributed by atoms with E-state index in [0.29, 0.717) is 5.75 Å². The quantitative estimate of drug-likeness (QED) is 0.506. The fraction of sp³-hybridized carbons (Fsp3) is 0.714. The first-order chi connectivity index (χ1) is 5.11. The van der Waals surface area contributed by atoms with E-state index in [-0.39, 0.29) is 24.1 Å². The van der Waals surface area contributed by atoms with Gasteiger partial charge in [-0.05, 0) is 6.92 Å². The topological polar surface area (TPSA) is 43.4 Å². The van der Waals surface area contributed by atoms with Gasteiger partial charge >= 0.3 is 5.97 Å². The van der Waals surface area contributed by atoms with Crippen LogP contribution in [0.2, 0.25) is 0 Å². The Morgan fingerprint density at radius 3 is 2.36 bits per heavy atom. The van der Waals surface area contributed by atoms with Gasteiger partial charge in [0, 0.05) is 12.2 Å². The zero-order chi connectivity index (χ0) is 8.85. The summed E-state index contributed by atoms with van der Waals surface area (Å²) in [5.41, 5.74) is 0. The molecule has 0 aliphatic carbocycles. The van der Waals surface area contributed by atoms with Crippen LogP contribution in [0.15, 0.2) is 0 Å². The van der Waals surface area contributed by atoms with Gasteiger partial charge in [-0.2, -0.15) is 12.6 Å². The van der Waals surface area contributed by atoms with E-state index in [1.54, 1.807) is 0 Å². The van der Waals surface area contributed by atoms with E-state index in [1.165, 1.54) is 14.0 Å². The van der Waals surface area contributed by atoms with Crippen molar-refractivity contribution in [3.63, 3.8) is 0 Å². The molecule has 0 fully saturated rings. The van der Waals surface area contributed by atoms with Crippen LogP contribution in [0.25, 0.3) is 0 Å². The molecular weight excluding hydrogens is 164 g/mol. The summed E-state index contributed by atoms with van der Waals surface area (Å²) >= 11 is 3.93. The van der Waals surface area contributed by atoms with Crippen LogP contribution < -0.4 is 0 Å². The number of methoxy groups -OCH3 is 1. The largest absolute Gasteiger partial charge is 0.469 e. The molecule has 0 amide bonds. The molecule has 0 spiro atoms. The first-order valence-electron chi connectivity index (χ1n) is 3.30. The fourth-order valence-electron chi connectivity index (χ4n) is 0.736. The summed E-state index contributed by atoms with van der Waals surface area (Å²) in [5.74, 6) is -0.419. The molecule has 64 valence electrons. The smallest absolute Gasteiger partial charge is 0.309 e. The summed E-state index contributed by atoms with van der Waals surface area (Å²) < 4.78 is 4.46. The lowest BCUT2D eigenvalue weighted by atomic mass is 10.1. The minimum absolute atomic E-state index is 0.0190. The summed E-state index contributed by atoms with van der Waals surface area (Å²) in [5, 5.41) is 0. The minimum Gasteiger partial charge on any atom is -0.469 e. The fourth-order valence-corrected chi connectivity index (χ4v) is 1.01. The van der Waals surface area contributed by atoms with Crippen molar-refractivity contribution in [1.82, 2.24) is 0 Å². The molecule has 0 saturated heterocycles. The highest BCUT2D eigenvalue weighted by Crippen LogP contribution is 2.07. The SMILES string of the molecule is COC(=O)C(CS)CC(C)=O. The zero-order valence-electron chi connectivity index (χ0n) is 6.66. The van der Waals surface area contributed by atoms with Crippen LogP contribution in [0, 0.1) is 5.92 Å². The van der Waals surface area contributed by atoms with Crippen molar-refractivity contribution in [2.75, 3.05) is 12.9 Å². The first-order valence-corrected chi connectivity index (χ1v) is 3.93.